The van der Waals surface area contributed by atoms with E-state index in [0.29, 0.717) is 32.0 Å². The summed E-state index contributed by atoms with van der Waals surface area (Å²) < 4.78 is 7.02. The summed E-state index contributed by atoms with van der Waals surface area (Å²) in [6, 6.07) is 15.5. The van der Waals surface area contributed by atoms with Gasteiger partial charge in [0.05, 0.1) is 23.8 Å². The van der Waals surface area contributed by atoms with E-state index in [1.807, 2.05) is 58.9 Å². The molecule has 128 valence electrons. The van der Waals surface area contributed by atoms with Gasteiger partial charge >= 0.3 is 0 Å². The molecule has 0 bridgehead atoms. The Balaban J connectivity index is 1.68. The average Bonchev–Trinajstić information content (AvgIpc) is 3.33. The standard InChI is InChI=1S/C18H18N4O2S/c23-18(20-21-8-10-24-11-9-21)16-13-15(17-7-4-12-25-17)19-22(16)14-5-2-1-3-6-14/h1-7,12-13H,8-11H2,(H,20,23). The lowest BCUT2D eigenvalue weighted by Gasteiger charge is -2.26. The molecule has 0 unspecified atom stereocenters. The molecule has 6 nitrogen and oxygen atoms in total. The third-order valence-corrected chi connectivity index (χ3v) is 4.88. The molecule has 3 heterocycles. The third kappa shape index (κ3) is 3.48. The number of nitrogens with zero attached hydrogens (tertiary/aromatic N) is 3. The van der Waals surface area contributed by atoms with Crippen molar-refractivity contribution in [2.24, 2.45) is 0 Å². The molecule has 4 rings (SSSR count). The van der Waals surface area contributed by atoms with Crippen LogP contribution in [0.4, 0.5) is 0 Å². The number of hydrogen-bond acceptors (Lipinski definition) is 5. The first-order valence-electron chi connectivity index (χ1n) is 8.14. The van der Waals surface area contributed by atoms with Crippen molar-refractivity contribution in [2.75, 3.05) is 26.3 Å². The van der Waals surface area contributed by atoms with Crippen LogP contribution in [0.1, 0.15) is 10.5 Å². The van der Waals surface area contributed by atoms with Gasteiger partial charge in [0.2, 0.25) is 0 Å². The Morgan fingerprint density at radius 2 is 1.92 bits per heavy atom. The van der Waals surface area contributed by atoms with E-state index < -0.39 is 0 Å². The summed E-state index contributed by atoms with van der Waals surface area (Å²) >= 11 is 1.61. The molecule has 0 radical (unpaired) electrons. The summed E-state index contributed by atoms with van der Waals surface area (Å²) in [7, 11) is 0. The highest BCUT2D eigenvalue weighted by molar-refractivity contribution is 7.13. The number of rotatable bonds is 4. The lowest BCUT2D eigenvalue weighted by Crippen LogP contribution is -2.48. The maximum Gasteiger partial charge on any atom is 0.284 e. The number of hydrazine groups is 1. The number of carbonyl (C=O) groups excluding carboxylic acids is 1. The first-order chi connectivity index (χ1) is 12.3. The molecule has 0 spiro atoms. The summed E-state index contributed by atoms with van der Waals surface area (Å²) in [5.41, 5.74) is 5.13. The van der Waals surface area contributed by atoms with Crippen molar-refractivity contribution in [2.45, 2.75) is 0 Å². The van der Waals surface area contributed by atoms with Crippen LogP contribution >= 0.6 is 11.3 Å². The molecule has 1 N–H and O–H groups in total. The Morgan fingerprint density at radius 1 is 1.12 bits per heavy atom. The Bertz CT molecular complexity index is 839. The maximum atomic E-state index is 12.8. The van der Waals surface area contributed by atoms with Gasteiger partial charge in [-0.2, -0.15) is 5.10 Å². The Kier molecular flexibility index (Phi) is 4.60. The Morgan fingerprint density at radius 3 is 2.64 bits per heavy atom. The highest BCUT2D eigenvalue weighted by atomic mass is 32.1. The SMILES string of the molecule is O=C(NN1CCOCC1)c1cc(-c2cccs2)nn1-c1ccccc1. The Labute approximate surface area is 149 Å². The van der Waals surface area contributed by atoms with Gasteiger partial charge in [0.1, 0.15) is 11.4 Å². The molecule has 1 saturated heterocycles. The second-order valence-corrected chi connectivity index (χ2v) is 6.63. The number of para-hydroxylation sites is 1. The molecule has 2 aromatic heterocycles. The van der Waals surface area contributed by atoms with Crippen LogP contribution in [0, 0.1) is 0 Å². The molecule has 0 aliphatic carbocycles. The number of benzene rings is 1. The predicted molar refractivity (Wildman–Crippen MR) is 96.7 cm³/mol. The van der Waals surface area contributed by atoms with Gasteiger partial charge in [0, 0.05) is 13.1 Å². The second-order valence-electron chi connectivity index (χ2n) is 5.68. The fraction of sp³-hybridized carbons (Fsp3) is 0.222. The molecule has 1 aliphatic heterocycles. The zero-order valence-electron chi connectivity index (χ0n) is 13.6. The second kappa shape index (κ2) is 7.18. The maximum absolute atomic E-state index is 12.8. The number of amides is 1. The summed E-state index contributed by atoms with van der Waals surface area (Å²) in [5.74, 6) is -0.166. The van der Waals surface area contributed by atoms with Crippen LogP contribution in [-0.2, 0) is 4.74 Å². The molecule has 0 atom stereocenters. The van der Waals surface area contributed by atoms with E-state index in [2.05, 4.69) is 10.5 Å². The van der Waals surface area contributed by atoms with E-state index in [0.717, 1.165) is 16.3 Å². The van der Waals surface area contributed by atoms with Crippen LogP contribution in [0.2, 0.25) is 0 Å². The van der Waals surface area contributed by atoms with Gasteiger partial charge in [-0.3, -0.25) is 10.2 Å². The number of morpholine rings is 1. The molecule has 25 heavy (non-hydrogen) atoms. The van der Waals surface area contributed by atoms with Crippen molar-refractivity contribution < 1.29 is 9.53 Å². The van der Waals surface area contributed by atoms with Gasteiger partial charge in [-0.05, 0) is 29.6 Å². The molecule has 7 heteroatoms. The minimum absolute atomic E-state index is 0.166. The lowest BCUT2D eigenvalue weighted by molar-refractivity contribution is 0.0124. The van der Waals surface area contributed by atoms with Gasteiger partial charge in [-0.1, -0.05) is 24.3 Å². The van der Waals surface area contributed by atoms with Gasteiger partial charge in [0.15, 0.2) is 0 Å². The van der Waals surface area contributed by atoms with Crippen LogP contribution in [0.25, 0.3) is 16.3 Å². The first-order valence-corrected chi connectivity index (χ1v) is 9.02. The summed E-state index contributed by atoms with van der Waals surface area (Å²) in [6.45, 7) is 2.61. The smallest absolute Gasteiger partial charge is 0.284 e. The van der Waals surface area contributed by atoms with Crippen molar-refractivity contribution >= 4 is 17.2 Å². The monoisotopic (exact) mass is 354 g/mol. The van der Waals surface area contributed by atoms with Crippen LogP contribution in [0.15, 0.2) is 53.9 Å². The zero-order valence-corrected chi connectivity index (χ0v) is 14.4. The van der Waals surface area contributed by atoms with E-state index in [1.54, 1.807) is 16.0 Å². The highest BCUT2D eigenvalue weighted by Crippen LogP contribution is 2.25. The van der Waals surface area contributed by atoms with Gasteiger partial charge in [-0.25, -0.2) is 9.69 Å². The summed E-state index contributed by atoms with van der Waals surface area (Å²) in [4.78, 5) is 13.9. The van der Waals surface area contributed by atoms with Crippen LogP contribution < -0.4 is 5.43 Å². The number of hydrogen-bond donors (Lipinski definition) is 1. The normalized spacial score (nSPS) is 15.2. The predicted octanol–water partition coefficient (Wildman–Crippen LogP) is 2.58. The lowest BCUT2D eigenvalue weighted by atomic mass is 10.3. The molecule has 1 aliphatic rings. The molecular formula is C18H18N4O2S. The molecule has 1 fully saturated rings. The van der Waals surface area contributed by atoms with E-state index in [1.165, 1.54) is 0 Å². The van der Waals surface area contributed by atoms with Gasteiger partial charge < -0.3 is 4.74 Å². The van der Waals surface area contributed by atoms with Crippen molar-refractivity contribution in [1.29, 1.82) is 0 Å². The van der Waals surface area contributed by atoms with Crippen molar-refractivity contribution in [3.63, 3.8) is 0 Å². The van der Waals surface area contributed by atoms with Crippen LogP contribution in [-0.4, -0.2) is 47.0 Å². The molecular weight excluding hydrogens is 336 g/mol. The summed E-state index contributed by atoms with van der Waals surface area (Å²) in [5, 5.41) is 8.55. The Hall–Kier alpha value is -2.48. The minimum atomic E-state index is -0.166. The number of nitrogens with one attached hydrogen (secondary N) is 1. The highest BCUT2D eigenvalue weighted by Gasteiger charge is 2.21. The topological polar surface area (TPSA) is 59.4 Å². The largest absolute Gasteiger partial charge is 0.379 e. The van der Waals surface area contributed by atoms with E-state index in [-0.39, 0.29) is 5.91 Å². The number of aromatic nitrogens is 2. The van der Waals surface area contributed by atoms with E-state index >= 15 is 0 Å². The van der Waals surface area contributed by atoms with E-state index in [9.17, 15) is 4.79 Å². The quantitative estimate of drug-likeness (QED) is 0.782. The summed E-state index contributed by atoms with van der Waals surface area (Å²) in [6.07, 6.45) is 0. The zero-order chi connectivity index (χ0) is 17.1. The van der Waals surface area contributed by atoms with Crippen molar-refractivity contribution in [3.05, 3.63) is 59.6 Å². The van der Waals surface area contributed by atoms with E-state index in [4.69, 9.17) is 4.74 Å². The third-order valence-electron chi connectivity index (χ3n) is 3.99. The average molecular weight is 354 g/mol. The number of carbonyl (C=O) groups is 1. The molecule has 1 amide bonds. The van der Waals surface area contributed by atoms with Crippen LogP contribution in [0.3, 0.4) is 0 Å². The van der Waals surface area contributed by atoms with Crippen molar-refractivity contribution in [3.8, 4) is 16.3 Å². The fourth-order valence-electron chi connectivity index (χ4n) is 2.73. The van der Waals surface area contributed by atoms with Gasteiger partial charge in [0.25, 0.3) is 5.91 Å². The molecule has 1 aromatic carbocycles. The number of ether oxygens (including phenoxy) is 1. The number of thiophene rings is 1. The minimum Gasteiger partial charge on any atom is -0.379 e. The van der Waals surface area contributed by atoms with Crippen LogP contribution in [0.5, 0.6) is 0 Å². The van der Waals surface area contributed by atoms with Crippen molar-refractivity contribution in [1.82, 2.24) is 20.2 Å². The fourth-order valence-corrected chi connectivity index (χ4v) is 3.41. The van der Waals surface area contributed by atoms with Gasteiger partial charge in [-0.15, -0.1) is 11.3 Å². The molecule has 3 aromatic rings. The molecule has 0 saturated carbocycles. The first kappa shape index (κ1) is 16.0.